The van der Waals surface area contributed by atoms with E-state index in [0.29, 0.717) is 6.42 Å². The first-order valence-electron chi connectivity index (χ1n) is 12.7. The fourth-order valence-electron chi connectivity index (χ4n) is 4.99. The summed E-state index contributed by atoms with van der Waals surface area (Å²) < 4.78 is 0. The van der Waals surface area contributed by atoms with E-state index in [-0.39, 0.29) is 43.0 Å². The highest BCUT2D eigenvalue weighted by molar-refractivity contribution is 6.05. The highest BCUT2D eigenvalue weighted by atomic mass is 16.4. The van der Waals surface area contributed by atoms with Gasteiger partial charge in [0.15, 0.2) is 0 Å². The average Bonchev–Trinajstić information content (AvgIpc) is 3.39. The van der Waals surface area contributed by atoms with Crippen LogP contribution in [0.3, 0.4) is 0 Å². The second kappa shape index (κ2) is 11.5. The largest absolute Gasteiger partial charge is 0.480 e. The van der Waals surface area contributed by atoms with Gasteiger partial charge in [0.2, 0.25) is 17.7 Å². The molecule has 2 aliphatic rings. The van der Waals surface area contributed by atoms with Gasteiger partial charge in [0.25, 0.3) is 0 Å². The topological polar surface area (TPSA) is 116 Å². The quantitative estimate of drug-likeness (QED) is 0.406. The molecular weight excluding hydrogens is 470 g/mol. The Morgan fingerprint density at radius 3 is 2.43 bits per heavy atom. The number of carbonyl (C=O) groups excluding carboxylic acids is 3. The summed E-state index contributed by atoms with van der Waals surface area (Å²) in [5, 5.41) is 15.6. The van der Waals surface area contributed by atoms with E-state index in [1.54, 1.807) is 0 Å². The molecule has 0 saturated carbocycles. The van der Waals surface area contributed by atoms with Crippen molar-refractivity contribution in [1.29, 1.82) is 0 Å². The van der Waals surface area contributed by atoms with Gasteiger partial charge in [0, 0.05) is 5.92 Å². The molecule has 3 amide bonds. The predicted octanol–water partition coefficient (Wildman–Crippen LogP) is 3.09. The monoisotopic (exact) mass is 503 g/mol. The van der Waals surface area contributed by atoms with Crippen molar-refractivity contribution in [2.45, 2.75) is 63.7 Å². The second-order valence-electron chi connectivity index (χ2n) is 10.1. The molecule has 0 spiro atoms. The van der Waals surface area contributed by atoms with Crippen molar-refractivity contribution in [2.24, 2.45) is 5.92 Å². The first kappa shape index (κ1) is 26.3. The summed E-state index contributed by atoms with van der Waals surface area (Å²) in [4.78, 5) is 52.2. The zero-order chi connectivity index (χ0) is 26.5. The number of carboxylic acids is 1. The number of carbonyl (C=O) groups is 4. The number of imide groups is 1. The summed E-state index contributed by atoms with van der Waals surface area (Å²) in [5.74, 6) is -2.30. The molecule has 2 aromatic rings. The molecule has 0 aromatic heterocycles. The molecule has 8 heteroatoms. The molecule has 3 N–H and O–H groups in total. The molecule has 4 rings (SSSR count). The van der Waals surface area contributed by atoms with Crippen LogP contribution in [0.4, 0.5) is 0 Å². The number of benzene rings is 2. The van der Waals surface area contributed by atoms with Crippen LogP contribution in [0.15, 0.2) is 60.7 Å². The standard InChI is InChI=1S/C29H33N3O5/c1-18(2)14-23(30-24-16-26(33)32(28(24)35)17-19-8-4-3-5-9-19)27(34)31-25(29(36)37)15-21-13-12-20-10-6-7-11-22(20)21/h3-13,18,21,23-25,30H,14-17H2,1-2H3,(H,31,34)(H,36,37)/t21?,23-,24?,25?/m1/s1. The van der Waals surface area contributed by atoms with E-state index in [0.717, 1.165) is 16.7 Å². The molecule has 37 heavy (non-hydrogen) atoms. The maximum absolute atomic E-state index is 13.3. The first-order valence-corrected chi connectivity index (χ1v) is 12.7. The molecule has 0 radical (unpaired) electrons. The van der Waals surface area contributed by atoms with Gasteiger partial charge in [-0.1, -0.05) is 80.6 Å². The number of aliphatic carboxylic acids is 1. The number of likely N-dealkylation sites (tertiary alicyclic amines) is 1. The van der Waals surface area contributed by atoms with Gasteiger partial charge in [-0.05, 0) is 35.4 Å². The van der Waals surface area contributed by atoms with Gasteiger partial charge < -0.3 is 10.4 Å². The smallest absolute Gasteiger partial charge is 0.326 e. The van der Waals surface area contributed by atoms with E-state index in [2.05, 4.69) is 10.6 Å². The van der Waals surface area contributed by atoms with E-state index >= 15 is 0 Å². The second-order valence-corrected chi connectivity index (χ2v) is 10.1. The Morgan fingerprint density at radius 2 is 1.73 bits per heavy atom. The lowest BCUT2D eigenvalue weighted by molar-refractivity contribution is -0.143. The zero-order valence-electron chi connectivity index (χ0n) is 21.1. The van der Waals surface area contributed by atoms with Crippen LogP contribution >= 0.6 is 0 Å². The summed E-state index contributed by atoms with van der Waals surface area (Å²) in [6.07, 6.45) is 4.49. The fourth-order valence-corrected chi connectivity index (χ4v) is 4.99. The number of nitrogens with zero attached hydrogens (tertiary/aromatic N) is 1. The van der Waals surface area contributed by atoms with E-state index in [4.69, 9.17) is 0 Å². The Kier molecular flexibility index (Phi) is 8.18. The molecule has 3 unspecified atom stereocenters. The van der Waals surface area contributed by atoms with E-state index in [1.165, 1.54) is 4.90 Å². The molecule has 194 valence electrons. The minimum Gasteiger partial charge on any atom is -0.480 e. The van der Waals surface area contributed by atoms with Gasteiger partial charge in [0.1, 0.15) is 6.04 Å². The number of hydrogen-bond donors (Lipinski definition) is 3. The Morgan fingerprint density at radius 1 is 1.03 bits per heavy atom. The number of nitrogens with one attached hydrogen (secondary N) is 2. The molecule has 1 heterocycles. The normalized spacial score (nSPS) is 20.2. The number of allylic oxidation sites excluding steroid dienone is 1. The third-order valence-electron chi connectivity index (χ3n) is 6.86. The van der Waals surface area contributed by atoms with Crippen molar-refractivity contribution >= 4 is 29.8 Å². The summed E-state index contributed by atoms with van der Waals surface area (Å²) in [6.45, 7) is 4.07. The van der Waals surface area contributed by atoms with Crippen molar-refractivity contribution in [2.75, 3.05) is 0 Å². The van der Waals surface area contributed by atoms with Crippen LogP contribution in [0, 0.1) is 5.92 Å². The molecule has 1 saturated heterocycles. The van der Waals surface area contributed by atoms with Crippen molar-refractivity contribution in [3.8, 4) is 0 Å². The zero-order valence-corrected chi connectivity index (χ0v) is 21.1. The van der Waals surface area contributed by atoms with Crippen molar-refractivity contribution in [3.63, 3.8) is 0 Å². The molecule has 8 nitrogen and oxygen atoms in total. The SMILES string of the molecule is CC(C)C[C@@H](NC1CC(=O)N(Cc2ccccc2)C1=O)C(=O)NC(CC1C=Cc2ccccc21)C(=O)O. The Hall–Kier alpha value is -3.78. The summed E-state index contributed by atoms with van der Waals surface area (Å²) in [5.41, 5.74) is 2.92. The highest BCUT2D eigenvalue weighted by Gasteiger charge is 2.41. The minimum atomic E-state index is -1.12. The Balaban J connectivity index is 1.43. The molecule has 1 aliphatic heterocycles. The van der Waals surface area contributed by atoms with Gasteiger partial charge >= 0.3 is 5.97 Å². The van der Waals surface area contributed by atoms with Gasteiger partial charge in [0.05, 0.1) is 25.0 Å². The number of rotatable bonds is 11. The number of amides is 3. The summed E-state index contributed by atoms with van der Waals surface area (Å²) in [6, 6.07) is 14.3. The first-order chi connectivity index (χ1) is 17.7. The van der Waals surface area contributed by atoms with Gasteiger partial charge in [-0.15, -0.1) is 0 Å². The third kappa shape index (κ3) is 6.32. The van der Waals surface area contributed by atoms with Crippen molar-refractivity contribution in [1.82, 2.24) is 15.5 Å². The summed E-state index contributed by atoms with van der Waals surface area (Å²) >= 11 is 0. The van der Waals surface area contributed by atoms with Crippen molar-refractivity contribution in [3.05, 3.63) is 77.4 Å². The van der Waals surface area contributed by atoms with Crippen LogP contribution in [0.1, 0.15) is 55.7 Å². The fraction of sp³-hybridized carbons (Fsp3) is 0.379. The maximum Gasteiger partial charge on any atom is 0.326 e. The van der Waals surface area contributed by atoms with Crippen LogP contribution in [0.25, 0.3) is 6.08 Å². The number of hydrogen-bond acceptors (Lipinski definition) is 5. The molecule has 0 bridgehead atoms. The minimum absolute atomic E-state index is 0.0421. The molecule has 1 aliphatic carbocycles. The molecular formula is C29H33N3O5. The Labute approximate surface area is 216 Å². The van der Waals surface area contributed by atoms with E-state index < -0.39 is 30.0 Å². The lowest BCUT2D eigenvalue weighted by Crippen LogP contribution is -2.54. The van der Waals surface area contributed by atoms with E-state index in [1.807, 2.05) is 80.6 Å². The van der Waals surface area contributed by atoms with E-state index in [9.17, 15) is 24.3 Å². The number of fused-ring (bicyclic) bond motifs is 1. The number of carboxylic acid groups (broad SMARTS) is 1. The maximum atomic E-state index is 13.3. The average molecular weight is 504 g/mol. The molecule has 4 atom stereocenters. The Bertz CT molecular complexity index is 1190. The van der Waals surface area contributed by atoms with Crippen LogP contribution in [-0.2, 0) is 25.7 Å². The van der Waals surface area contributed by atoms with Crippen LogP contribution in [-0.4, -0.2) is 51.8 Å². The van der Waals surface area contributed by atoms with Crippen LogP contribution in [0.5, 0.6) is 0 Å². The van der Waals surface area contributed by atoms with Gasteiger partial charge in [-0.2, -0.15) is 0 Å². The predicted molar refractivity (Wildman–Crippen MR) is 139 cm³/mol. The van der Waals surface area contributed by atoms with Gasteiger partial charge in [-0.3, -0.25) is 24.6 Å². The van der Waals surface area contributed by atoms with Crippen molar-refractivity contribution < 1.29 is 24.3 Å². The molecule has 2 aromatic carbocycles. The molecule has 1 fully saturated rings. The van der Waals surface area contributed by atoms with Crippen LogP contribution < -0.4 is 10.6 Å². The summed E-state index contributed by atoms with van der Waals surface area (Å²) in [7, 11) is 0. The lowest BCUT2D eigenvalue weighted by atomic mass is 9.93. The third-order valence-corrected chi connectivity index (χ3v) is 6.86. The van der Waals surface area contributed by atoms with Crippen LogP contribution in [0.2, 0.25) is 0 Å². The van der Waals surface area contributed by atoms with Gasteiger partial charge in [-0.25, -0.2) is 4.79 Å². The lowest BCUT2D eigenvalue weighted by Gasteiger charge is -2.26. The highest BCUT2D eigenvalue weighted by Crippen LogP contribution is 2.33.